The van der Waals surface area contributed by atoms with E-state index < -0.39 is 24.3 Å². The van der Waals surface area contributed by atoms with Crippen LogP contribution in [0.15, 0.2) is 72.8 Å². The Morgan fingerprint density at radius 2 is 1.44 bits per heavy atom. The second-order valence-corrected chi connectivity index (χ2v) is 7.65. The number of fused-ring (bicyclic) bond motifs is 3. The SMILES string of the molecule is O=C(NCC(O)C(O)c1ccc(C(=O)O)cc1)OCC1c2ccccc2-c2ccccc21. The normalized spacial score (nSPS) is 14.2. The molecule has 0 aliphatic heterocycles. The number of aliphatic hydroxyl groups is 2. The molecule has 0 saturated carbocycles. The molecule has 1 amide bonds. The molecule has 0 heterocycles. The predicted molar refractivity (Wildman–Crippen MR) is 117 cm³/mol. The predicted octanol–water partition coefficient (Wildman–Crippen LogP) is 3.32. The third-order valence-electron chi connectivity index (χ3n) is 5.66. The number of alkyl carbamates (subject to hydrolysis) is 1. The average Bonchev–Trinajstić information content (AvgIpc) is 3.14. The van der Waals surface area contributed by atoms with E-state index in [1.54, 1.807) is 0 Å². The smallest absolute Gasteiger partial charge is 0.407 e. The number of carboxylic acids is 1. The van der Waals surface area contributed by atoms with E-state index in [9.17, 15) is 19.8 Å². The van der Waals surface area contributed by atoms with Gasteiger partial charge in [-0.15, -0.1) is 0 Å². The summed E-state index contributed by atoms with van der Waals surface area (Å²) in [6.45, 7) is -0.0757. The number of hydrogen-bond donors (Lipinski definition) is 4. The maximum atomic E-state index is 12.2. The molecule has 7 heteroatoms. The largest absolute Gasteiger partial charge is 0.478 e. The van der Waals surface area contributed by atoms with Crippen LogP contribution >= 0.6 is 0 Å². The molecule has 3 aromatic carbocycles. The van der Waals surface area contributed by atoms with E-state index >= 15 is 0 Å². The first kappa shape index (κ1) is 21.5. The third kappa shape index (κ3) is 4.34. The first-order chi connectivity index (χ1) is 15.5. The molecule has 0 radical (unpaired) electrons. The summed E-state index contributed by atoms with van der Waals surface area (Å²) in [5.74, 6) is -1.15. The third-order valence-corrected chi connectivity index (χ3v) is 5.66. The Bertz CT molecular complexity index is 1080. The highest BCUT2D eigenvalue weighted by atomic mass is 16.5. The number of aromatic carboxylic acids is 1. The maximum Gasteiger partial charge on any atom is 0.407 e. The van der Waals surface area contributed by atoms with Crippen molar-refractivity contribution in [1.82, 2.24) is 5.32 Å². The van der Waals surface area contributed by atoms with Gasteiger partial charge in [-0.2, -0.15) is 0 Å². The van der Waals surface area contributed by atoms with Gasteiger partial charge >= 0.3 is 12.1 Å². The molecule has 0 aromatic heterocycles. The van der Waals surface area contributed by atoms with Crippen molar-refractivity contribution in [1.29, 1.82) is 0 Å². The Hall–Kier alpha value is -3.68. The van der Waals surface area contributed by atoms with Crippen LogP contribution in [0.2, 0.25) is 0 Å². The van der Waals surface area contributed by atoms with E-state index in [2.05, 4.69) is 17.4 Å². The van der Waals surface area contributed by atoms with Crippen molar-refractivity contribution in [2.24, 2.45) is 0 Å². The highest BCUT2D eigenvalue weighted by molar-refractivity contribution is 5.87. The van der Waals surface area contributed by atoms with Crippen LogP contribution in [0.5, 0.6) is 0 Å². The summed E-state index contributed by atoms with van der Waals surface area (Å²) in [7, 11) is 0. The van der Waals surface area contributed by atoms with Crippen LogP contribution in [0, 0.1) is 0 Å². The van der Waals surface area contributed by atoms with Gasteiger partial charge in [0.25, 0.3) is 0 Å². The monoisotopic (exact) mass is 433 g/mol. The van der Waals surface area contributed by atoms with E-state index in [0.717, 1.165) is 22.3 Å². The molecule has 0 bridgehead atoms. The lowest BCUT2D eigenvalue weighted by Gasteiger charge is -2.19. The van der Waals surface area contributed by atoms with Gasteiger partial charge in [0.05, 0.1) is 5.56 Å². The number of amides is 1. The zero-order chi connectivity index (χ0) is 22.7. The Morgan fingerprint density at radius 1 is 0.875 bits per heavy atom. The molecule has 0 saturated heterocycles. The van der Waals surface area contributed by atoms with E-state index in [1.165, 1.54) is 24.3 Å². The molecule has 4 N–H and O–H groups in total. The number of carbonyl (C=O) groups excluding carboxylic acids is 1. The van der Waals surface area contributed by atoms with Gasteiger partial charge in [0, 0.05) is 12.5 Å². The van der Waals surface area contributed by atoms with Crippen molar-refractivity contribution >= 4 is 12.1 Å². The molecule has 2 unspecified atom stereocenters. The summed E-state index contributed by atoms with van der Waals surface area (Å²) in [5.41, 5.74) is 4.88. The topological polar surface area (TPSA) is 116 Å². The molecule has 3 aromatic rings. The molecular weight excluding hydrogens is 410 g/mol. The minimum Gasteiger partial charge on any atom is -0.478 e. The average molecular weight is 433 g/mol. The fraction of sp³-hybridized carbons (Fsp3) is 0.200. The summed E-state index contributed by atoms with van der Waals surface area (Å²) in [6.07, 6.45) is -3.27. The van der Waals surface area contributed by atoms with Crippen molar-refractivity contribution in [2.75, 3.05) is 13.2 Å². The van der Waals surface area contributed by atoms with Crippen LogP contribution in [0.3, 0.4) is 0 Å². The van der Waals surface area contributed by atoms with Crippen LogP contribution in [-0.2, 0) is 4.74 Å². The molecule has 1 aliphatic carbocycles. The fourth-order valence-electron chi connectivity index (χ4n) is 3.99. The van der Waals surface area contributed by atoms with E-state index in [4.69, 9.17) is 9.84 Å². The number of carbonyl (C=O) groups is 2. The number of carboxylic acid groups (broad SMARTS) is 1. The first-order valence-electron chi connectivity index (χ1n) is 10.2. The zero-order valence-electron chi connectivity index (χ0n) is 17.1. The van der Waals surface area contributed by atoms with Gasteiger partial charge in [-0.3, -0.25) is 0 Å². The summed E-state index contributed by atoms with van der Waals surface area (Å²) in [6, 6.07) is 21.5. The molecule has 164 valence electrons. The van der Waals surface area contributed by atoms with E-state index in [0.29, 0.717) is 5.56 Å². The van der Waals surface area contributed by atoms with Crippen molar-refractivity contribution in [2.45, 2.75) is 18.1 Å². The minimum atomic E-state index is -1.29. The van der Waals surface area contributed by atoms with Crippen LogP contribution < -0.4 is 5.32 Å². The lowest BCUT2D eigenvalue weighted by atomic mass is 9.98. The van der Waals surface area contributed by atoms with Crippen LogP contribution in [0.25, 0.3) is 11.1 Å². The summed E-state index contributed by atoms with van der Waals surface area (Å²) in [5, 5.41) is 31.9. The Kier molecular flexibility index (Phi) is 6.20. The van der Waals surface area contributed by atoms with Gasteiger partial charge < -0.3 is 25.4 Å². The highest BCUT2D eigenvalue weighted by Crippen LogP contribution is 2.44. The molecule has 7 nitrogen and oxygen atoms in total. The number of nitrogens with one attached hydrogen (secondary N) is 1. The number of benzene rings is 3. The Labute approximate surface area is 184 Å². The number of aliphatic hydroxyl groups excluding tert-OH is 2. The van der Waals surface area contributed by atoms with Crippen LogP contribution in [0.1, 0.15) is 39.1 Å². The van der Waals surface area contributed by atoms with Crippen molar-refractivity contribution < 1.29 is 29.6 Å². The standard InChI is InChI=1S/C25H23NO6/c27-22(23(28)15-9-11-16(12-10-15)24(29)30)13-26-25(31)32-14-21-19-7-3-1-5-17(19)18-6-2-4-8-20(18)21/h1-12,21-23,27-28H,13-14H2,(H,26,31)(H,29,30). The van der Waals surface area contributed by atoms with Gasteiger partial charge in [0.15, 0.2) is 0 Å². The Balaban J connectivity index is 1.32. The molecule has 2 atom stereocenters. The second-order valence-electron chi connectivity index (χ2n) is 7.65. The number of ether oxygens (including phenoxy) is 1. The minimum absolute atomic E-state index is 0.0728. The lowest BCUT2D eigenvalue weighted by Crippen LogP contribution is -2.36. The van der Waals surface area contributed by atoms with Crippen LogP contribution in [-0.4, -0.2) is 46.6 Å². The van der Waals surface area contributed by atoms with Gasteiger partial charge in [0.2, 0.25) is 0 Å². The van der Waals surface area contributed by atoms with Crippen molar-refractivity contribution in [3.8, 4) is 11.1 Å². The quantitative estimate of drug-likeness (QED) is 0.454. The molecule has 32 heavy (non-hydrogen) atoms. The van der Waals surface area contributed by atoms with Gasteiger partial charge in [-0.05, 0) is 39.9 Å². The van der Waals surface area contributed by atoms with E-state index in [1.807, 2.05) is 36.4 Å². The molecular formula is C25H23NO6. The lowest BCUT2D eigenvalue weighted by molar-refractivity contribution is 0.0185. The highest BCUT2D eigenvalue weighted by Gasteiger charge is 2.29. The molecule has 0 fully saturated rings. The van der Waals surface area contributed by atoms with Gasteiger partial charge in [0.1, 0.15) is 18.8 Å². The fourth-order valence-corrected chi connectivity index (χ4v) is 3.99. The summed E-state index contributed by atoms with van der Waals surface area (Å²) >= 11 is 0. The molecule has 4 rings (SSSR count). The molecule has 0 spiro atoms. The molecule has 1 aliphatic rings. The van der Waals surface area contributed by atoms with Crippen LogP contribution in [0.4, 0.5) is 4.79 Å². The second kappa shape index (κ2) is 9.21. The van der Waals surface area contributed by atoms with Crippen molar-refractivity contribution in [3.63, 3.8) is 0 Å². The maximum absolute atomic E-state index is 12.2. The zero-order valence-corrected chi connectivity index (χ0v) is 17.1. The first-order valence-corrected chi connectivity index (χ1v) is 10.2. The summed E-state index contributed by atoms with van der Waals surface area (Å²) < 4.78 is 5.41. The van der Waals surface area contributed by atoms with E-state index in [-0.39, 0.29) is 24.6 Å². The van der Waals surface area contributed by atoms with Crippen molar-refractivity contribution in [3.05, 3.63) is 95.1 Å². The Morgan fingerprint density at radius 3 is 2.00 bits per heavy atom. The van der Waals surface area contributed by atoms with Gasteiger partial charge in [-0.1, -0.05) is 60.7 Å². The number of rotatable bonds is 7. The van der Waals surface area contributed by atoms with Gasteiger partial charge in [-0.25, -0.2) is 9.59 Å². The summed E-state index contributed by atoms with van der Waals surface area (Å²) in [4.78, 5) is 23.1. The number of hydrogen-bond acceptors (Lipinski definition) is 5.